The van der Waals surface area contributed by atoms with Crippen molar-refractivity contribution in [3.8, 4) is 17.1 Å². The van der Waals surface area contributed by atoms with Gasteiger partial charge in [0.25, 0.3) is 5.69 Å². The molecule has 1 heterocycles. The lowest BCUT2D eigenvalue weighted by molar-refractivity contribution is -0.384. The van der Waals surface area contributed by atoms with E-state index in [0.29, 0.717) is 26.6 Å². The Morgan fingerprint density at radius 2 is 1.76 bits per heavy atom. The Bertz CT molecular complexity index is 1500. The van der Waals surface area contributed by atoms with Crippen LogP contribution in [-0.2, 0) is 17.6 Å². The van der Waals surface area contributed by atoms with Gasteiger partial charge in [0.1, 0.15) is 5.69 Å². The summed E-state index contributed by atoms with van der Waals surface area (Å²) in [6.45, 7) is 5.91. The second-order valence-corrected chi connectivity index (χ2v) is 10.3. The van der Waals surface area contributed by atoms with Crippen LogP contribution < -0.4 is 5.32 Å². The van der Waals surface area contributed by atoms with E-state index in [1.165, 1.54) is 23.9 Å². The Labute approximate surface area is 234 Å². The standard InChI is InChI=1S/C27H25Cl2N5O3S/c1-4-17-7-6-8-18(5-2)25(17)33-26(20-11-10-19(28)14-21(20)29)31-32-27(33)38-15-24(35)30-22-12-9-16(3)13-23(22)34(36)37/h6-14H,4-5,15H2,1-3H3,(H,30,35). The number of halogens is 2. The van der Waals surface area contributed by atoms with Gasteiger partial charge in [0.15, 0.2) is 11.0 Å². The van der Waals surface area contributed by atoms with Gasteiger partial charge in [-0.15, -0.1) is 10.2 Å². The first kappa shape index (κ1) is 27.6. The molecule has 38 heavy (non-hydrogen) atoms. The van der Waals surface area contributed by atoms with Gasteiger partial charge < -0.3 is 5.32 Å². The molecule has 1 aromatic heterocycles. The fraction of sp³-hybridized carbons (Fsp3) is 0.222. The Kier molecular flexibility index (Phi) is 8.71. The molecule has 1 N–H and O–H groups in total. The van der Waals surface area contributed by atoms with Crippen molar-refractivity contribution in [3.63, 3.8) is 0 Å². The molecule has 0 bridgehead atoms. The van der Waals surface area contributed by atoms with Gasteiger partial charge in [-0.05, 0) is 60.7 Å². The average Bonchev–Trinajstić information content (AvgIpc) is 3.30. The number of hydrogen-bond acceptors (Lipinski definition) is 6. The van der Waals surface area contributed by atoms with Crippen molar-refractivity contribution in [2.24, 2.45) is 0 Å². The molecule has 0 atom stereocenters. The minimum atomic E-state index is -0.511. The molecule has 0 aliphatic rings. The SMILES string of the molecule is CCc1cccc(CC)c1-n1c(SCC(=O)Nc2ccc(C)cc2[N+](=O)[O-])nnc1-c1ccc(Cl)cc1Cl. The number of aromatic nitrogens is 3. The van der Waals surface area contributed by atoms with Crippen molar-refractivity contribution in [3.05, 3.63) is 91.4 Å². The highest BCUT2D eigenvalue weighted by Gasteiger charge is 2.23. The maximum absolute atomic E-state index is 12.9. The van der Waals surface area contributed by atoms with Crippen LogP contribution in [0.5, 0.6) is 0 Å². The zero-order chi connectivity index (χ0) is 27.4. The fourth-order valence-electron chi connectivity index (χ4n) is 4.13. The third-order valence-corrected chi connectivity index (χ3v) is 7.43. The molecule has 0 fully saturated rings. The number of benzene rings is 3. The molecule has 8 nitrogen and oxygen atoms in total. The van der Waals surface area contributed by atoms with E-state index in [9.17, 15) is 14.9 Å². The molecule has 4 aromatic rings. The van der Waals surface area contributed by atoms with Crippen molar-refractivity contribution in [2.45, 2.75) is 38.8 Å². The van der Waals surface area contributed by atoms with Gasteiger partial charge in [-0.2, -0.15) is 0 Å². The van der Waals surface area contributed by atoms with Crippen molar-refractivity contribution in [1.82, 2.24) is 14.8 Å². The van der Waals surface area contributed by atoms with Crippen LogP contribution >= 0.6 is 35.0 Å². The minimum Gasteiger partial charge on any atom is -0.320 e. The topological polar surface area (TPSA) is 103 Å². The third kappa shape index (κ3) is 5.85. The summed E-state index contributed by atoms with van der Waals surface area (Å²) < 4.78 is 1.93. The van der Waals surface area contributed by atoms with E-state index in [0.717, 1.165) is 35.2 Å². The normalized spacial score (nSPS) is 11.0. The molecule has 3 aromatic carbocycles. The Balaban J connectivity index is 1.73. The maximum Gasteiger partial charge on any atom is 0.293 e. The predicted octanol–water partition coefficient (Wildman–Crippen LogP) is 7.31. The summed E-state index contributed by atoms with van der Waals surface area (Å²) in [5, 5.41) is 24.4. The molecule has 0 radical (unpaired) electrons. The number of hydrogen-bond donors (Lipinski definition) is 1. The number of nitro groups is 1. The Hall–Kier alpha value is -3.40. The van der Waals surface area contributed by atoms with Gasteiger partial charge in [0.2, 0.25) is 5.91 Å². The van der Waals surface area contributed by atoms with Crippen LogP contribution in [0.1, 0.15) is 30.5 Å². The molecular weight excluding hydrogens is 545 g/mol. The number of carbonyl (C=O) groups is 1. The summed E-state index contributed by atoms with van der Waals surface area (Å²) in [6.07, 6.45) is 1.55. The first-order valence-corrected chi connectivity index (χ1v) is 13.7. The molecule has 0 saturated heterocycles. The summed E-state index contributed by atoms with van der Waals surface area (Å²) in [5.74, 6) is 0.0919. The molecule has 0 unspecified atom stereocenters. The van der Waals surface area contributed by atoms with E-state index in [1.807, 2.05) is 10.6 Å². The first-order valence-electron chi connectivity index (χ1n) is 11.9. The van der Waals surface area contributed by atoms with Crippen LogP contribution in [0.2, 0.25) is 10.0 Å². The van der Waals surface area contributed by atoms with Crippen LogP contribution in [-0.4, -0.2) is 31.3 Å². The van der Waals surface area contributed by atoms with Crippen LogP contribution in [0.3, 0.4) is 0 Å². The Morgan fingerprint density at radius 3 is 2.39 bits per heavy atom. The minimum absolute atomic E-state index is 0.0345. The summed E-state index contributed by atoms with van der Waals surface area (Å²) in [7, 11) is 0. The van der Waals surface area contributed by atoms with E-state index in [2.05, 4.69) is 41.5 Å². The number of amides is 1. The zero-order valence-corrected chi connectivity index (χ0v) is 23.3. The van der Waals surface area contributed by atoms with Gasteiger partial charge in [-0.25, -0.2) is 0 Å². The monoisotopic (exact) mass is 569 g/mol. The van der Waals surface area contributed by atoms with Crippen molar-refractivity contribution in [2.75, 3.05) is 11.1 Å². The maximum atomic E-state index is 12.9. The van der Waals surface area contributed by atoms with Gasteiger partial charge in [-0.3, -0.25) is 19.5 Å². The lowest BCUT2D eigenvalue weighted by Gasteiger charge is -2.18. The lowest BCUT2D eigenvalue weighted by Crippen LogP contribution is -2.16. The number of rotatable bonds is 9. The van der Waals surface area contributed by atoms with Crippen LogP contribution in [0, 0.1) is 17.0 Å². The summed E-state index contributed by atoms with van der Waals surface area (Å²) in [6, 6.07) is 16.0. The first-order chi connectivity index (χ1) is 18.2. The van der Waals surface area contributed by atoms with E-state index in [4.69, 9.17) is 23.2 Å². The molecule has 196 valence electrons. The highest BCUT2D eigenvalue weighted by Crippen LogP contribution is 2.36. The average molecular weight is 571 g/mol. The van der Waals surface area contributed by atoms with Gasteiger partial charge in [0, 0.05) is 16.7 Å². The van der Waals surface area contributed by atoms with E-state index in [1.54, 1.807) is 31.2 Å². The second kappa shape index (κ2) is 12.0. The molecule has 0 aliphatic heterocycles. The number of nitro benzene ring substituents is 1. The largest absolute Gasteiger partial charge is 0.320 e. The number of anilines is 1. The molecule has 0 spiro atoms. The molecule has 1 amide bonds. The van der Waals surface area contributed by atoms with E-state index >= 15 is 0 Å². The third-order valence-electron chi connectivity index (χ3n) is 5.95. The smallest absolute Gasteiger partial charge is 0.293 e. The molecule has 4 rings (SSSR count). The number of nitrogens with zero attached hydrogens (tertiary/aromatic N) is 4. The summed E-state index contributed by atoms with van der Waals surface area (Å²) in [5.41, 5.74) is 4.51. The number of nitrogens with one attached hydrogen (secondary N) is 1. The number of thioether (sulfide) groups is 1. The predicted molar refractivity (Wildman–Crippen MR) is 153 cm³/mol. The highest BCUT2D eigenvalue weighted by atomic mass is 35.5. The van der Waals surface area contributed by atoms with E-state index in [-0.39, 0.29) is 17.1 Å². The van der Waals surface area contributed by atoms with Crippen LogP contribution in [0.25, 0.3) is 17.1 Å². The molecule has 0 saturated carbocycles. The van der Waals surface area contributed by atoms with Crippen molar-refractivity contribution < 1.29 is 9.72 Å². The number of para-hydroxylation sites is 1. The quantitative estimate of drug-likeness (QED) is 0.129. The van der Waals surface area contributed by atoms with Gasteiger partial charge in [0.05, 0.1) is 21.4 Å². The van der Waals surface area contributed by atoms with Crippen molar-refractivity contribution in [1.29, 1.82) is 0 Å². The zero-order valence-electron chi connectivity index (χ0n) is 21.0. The molecular formula is C27H25Cl2N5O3S. The summed E-state index contributed by atoms with van der Waals surface area (Å²) >= 11 is 13.9. The summed E-state index contributed by atoms with van der Waals surface area (Å²) in [4.78, 5) is 23.8. The lowest BCUT2D eigenvalue weighted by atomic mass is 10.0. The van der Waals surface area contributed by atoms with Crippen LogP contribution in [0.4, 0.5) is 11.4 Å². The van der Waals surface area contributed by atoms with Crippen molar-refractivity contribution >= 4 is 52.2 Å². The molecule has 11 heteroatoms. The van der Waals surface area contributed by atoms with E-state index < -0.39 is 10.8 Å². The molecule has 0 aliphatic carbocycles. The highest BCUT2D eigenvalue weighted by molar-refractivity contribution is 7.99. The number of aryl methyl sites for hydroxylation is 3. The van der Waals surface area contributed by atoms with Crippen LogP contribution in [0.15, 0.2) is 59.8 Å². The Morgan fingerprint density at radius 1 is 1.05 bits per heavy atom. The number of carbonyl (C=O) groups excluding carboxylic acids is 1. The fourth-order valence-corrected chi connectivity index (χ4v) is 5.36. The second-order valence-electron chi connectivity index (χ2n) is 8.51. The van der Waals surface area contributed by atoms with Gasteiger partial charge >= 0.3 is 0 Å². The van der Waals surface area contributed by atoms with Gasteiger partial charge in [-0.1, -0.05) is 73.1 Å².